The summed E-state index contributed by atoms with van der Waals surface area (Å²) in [6.45, 7) is 13.9. The van der Waals surface area contributed by atoms with Gasteiger partial charge in [0.1, 0.15) is 0 Å². The van der Waals surface area contributed by atoms with Crippen LogP contribution in [0.25, 0.3) is 0 Å². The molecule has 1 aliphatic heterocycles. The maximum Gasteiger partial charge on any atom is -0.000000929 e. The molecule has 1 rings (SSSR count). The lowest BCUT2D eigenvalue weighted by molar-refractivity contribution is 0.235. The molecule has 0 aromatic rings. The van der Waals surface area contributed by atoms with E-state index in [-0.39, 0.29) is 0 Å². The van der Waals surface area contributed by atoms with Crippen molar-refractivity contribution < 1.29 is 0 Å². The fourth-order valence-corrected chi connectivity index (χ4v) is 1.55. The van der Waals surface area contributed by atoms with Crippen molar-refractivity contribution in [3.05, 3.63) is 0 Å². The van der Waals surface area contributed by atoms with Gasteiger partial charge in [-0.15, -0.1) is 0 Å². The molecule has 78 valence electrons. The third-order valence-corrected chi connectivity index (χ3v) is 2.74. The van der Waals surface area contributed by atoms with Gasteiger partial charge in [-0.2, -0.15) is 0 Å². The van der Waals surface area contributed by atoms with Gasteiger partial charge < -0.3 is 10.6 Å². The second-order valence-corrected chi connectivity index (χ2v) is 5.59. The molecular formula is C11H24N2. The highest BCUT2D eigenvalue weighted by molar-refractivity contribution is 4.80. The third kappa shape index (κ3) is 4.10. The van der Waals surface area contributed by atoms with Crippen LogP contribution in [-0.2, 0) is 0 Å². The Kier molecular flexibility index (Phi) is 3.74. The Hall–Kier alpha value is -0.0800. The summed E-state index contributed by atoms with van der Waals surface area (Å²) in [5.74, 6) is 1.73. The summed E-state index contributed by atoms with van der Waals surface area (Å²) >= 11 is 0. The summed E-state index contributed by atoms with van der Waals surface area (Å²) in [5, 5.41) is 6.87. The Morgan fingerprint density at radius 3 is 2.38 bits per heavy atom. The lowest BCUT2D eigenvalue weighted by Gasteiger charge is -2.33. The molecule has 0 bridgehead atoms. The molecule has 0 amide bonds. The SMILES string of the molecule is CC(CNCC(C)(C)C)C1CNC1. The zero-order chi connectivity index (χ0) is 9.90. The van der Waals surface area contributed by atoms with E-state index in [0.29, 0.717) is 5.41 Å². The summed E-state index contributed by atoms with van der Waals surface area (Å²) in [7, 11) is 0. The topological polar surface area (TPSA) is 24.1 Å². The summed E-state index contributed by atoms with van der Waals surface area (Å²) in [4.78, 5) is 0. The fraction of sp³-hybridized carbons (Fsp3) is 1.00. The Morgan fingerprint density at radius 2 is 2.00 bits per heavy atom. The summed E-state index contributed by atoms with van der Waals surface area (Å²) < 4.78 is 0. The zero-order valence-corrected chi connectivity index (χ0v) is 9.48. The third-order valence-electron chi connectivity index (χ3n) is 2.74. The first-order valence-electron chi connectivity index (χ1n) is 5.40. The summed E-state index contributed by atoms with van der Waals surface area (Å²) in [6, 6.07) is 0. The standard InChI is InChI=1S/C11H24N2/c1-9(10-6-12-7-10)5-13-8-11(2,3)4/h9-10,12-13H,5-8H2,1-4H3. The van der Waals surface area contributed by atoms with Gasteiger partial charge in [0.05, 0.1) is 0 Å². The maximum atomic E-state index is 3.55. The van der Waals surface area contributed by atoms with Gasteiger partial charge in [-0.1, -0.05) is 27.7 Å². The predicted octanol–water partition coefficient (Wildman–Crippen LogP) is 1.48. The minimum absolute atomic E-state index is 0.414. The Balaban J connectivity index is 2.04. The normalized spacial score (nSPS) is 21.2. The van der Waals surface area contributed by atoms with E-state index in [2.05, 4.69) is 38.3 Å². The van der Waals surface area contributed by atoms with Crippen LogP contribution in [0.3, 0.4) is 0 Å². The van der Waals surface area contributed by atoms with Crippen molar-refractivity contribution in [1.82, 2.24) is 10.6 Å². The van der Waals surface area contributed by atoms with E-state index in [1.54, 1.807) is 0 Å². The van der Waals surface area contributed by atoms with E-state index in [1.165, 1.54) is 19.6 Å². The van der Waals surface area contributed by atoms with Crippen molar-refractivity contribution in [3.8, 4) is 0 Å². The highest BCUT2D eigenvalue weighted by atomic mass is 15.0. The Morgan fingerprint density at radius 1 is 1.38 bits per heavy atom. The van der Waals surface area contributed by atoms with Crippen molar-refractivity contribution in [2.75, 3.05) is 26.2 Å². The van der Waals surface area contributed by atoms with Crippen molar-refractivity contribution >= 4 is 0 Å². The molecule has 2 nitrogen and oxygen atoms in total. The van der Waals surface area contributed by atoms with Crippen molar-refractivity contribution in [2.45, 2.75) is 27.7 Å². The molecule has 0 saturated carbocycles. The quantitative estimate of drug-likeness (QED) is 0.691. The molecule has 1 fully saturated rings. The van der Waals surface area contributed by atoms with Gasteiger partial charge in [0.15, 0.2) is 0 Å². The number of hydrogen-bond donors (Lipinski definition) is 2. The van der Waals surface area contributed by atoms with Crippen molar-refractivity contribution in [2.24, 2.45) is 17.3 Å². The molecule has 0 radical (unpaired) electrons. The van der Waals surface area contributed by atoms with E-state index >= 15 is 0 Å². The minimum atomic E-state index is 0.414. The molecule has 0 aromatic carbocycles. The number of nitrogens with one attached hydrogen (secondary N) is 2. The fourth-order valence-electron chi connectivity index (χ4n) is 1.55. The van der Waals surface area contributed by atoms with Gasteiger partial charge >= 0.3 is 0 Å². The van der Waals surface area contributed by atoms with Crippen LogP contribution in [0, 0.1) is 17.3 Å². The monoisotopic (exact) mass is 184 g/mol. The van der Waals surface area contributed by atoms with Gasteiger partial charge in [0.25, 0.3) is 0 Å². The first-order valence-corrected chi connectivity index (χ1v) is 5.40. The summed E-state index contributed by atoms with van der Waals surface area (Å²) in [6.07, 6.45) is 0. The largest absolute Gasteiger partial charge is 0.316 e. The van der Waals surface area contributed by atoms with Crippen LogP contribution in [0.1, 0.15) is 27.7 Å². The van der Waals surface area contributed by atoms with Crippen LogP contribution in [0.5, 0.6) is 0 Å². The molecule has 13 heavy (non-hydrogen) atoms. The molecule has 1 saturated heterocycles. The van der Waals surface area contributed by atoms with Gasteiger partial charge in [0, 0.05) is 0 Å². The number of rotatable bonds is 4. The van der Waals surface area contributed by atoms with Crippen LogP contribution < -0.4 is 10.6 Å². The molecular weight excluding hydrogens is 160 g/mol. The summed E-state index contributed by atoms with van der Waals surface area (Å²) in [5.41, 5.74) is 0.414. The second kappa shape index (κ2) is 4.43. The van der Waals surface area contributed by atoms with Crippen LogP contribution in [-0.4, -0.2) is 26.2 Å². The molecule has 2 heteroatoms. The highest BCUT2D eigenvalue weighted by Gasteiger charge is 2.23. The van der Waals surface area contributed by atoms with Gasteiger partial charge in [0.2, 0.25) is 0 Å². The van der Waals surface area contributed by atoms with Crippen LogP contribution in [0.15, 0.2) is 0 Å². The van der Waals surface area contributed by atoms with Crippen LogP contribution >= 0.6 is 0 Å². The lowest BCUT2D eigenvalue weighted by Crippen LogP contribution is -2.48. The van der Waals surface area contributed by atoms with E-state index < -0.39 is 0 Å². The van der Waals surface area contributed by atoms with E-state index in [1.807, 2.05) is 0 Å². The molecule has 1 atom stereocenters. The van der Waals surface area contributed by atoms with Crippen LogP contribution in [0.2, 0.25) is 0 Å². The predicted molar refractivity (Wildman–Crippen MR) is 57.8 cm³/mol. The maximum absolute atomic E-state index is 3.55. The van der Waals surface area contributed by atoms with Crippen LogP contribution in [0.4, 0.5) is 0 Å². The highest BCUT2D eigenvalue weighted by Crippen LogP contribution is 2.15. The van der Waals surface area contributed by atoms with E-state index in [4.69, 9.17) is 0 Å². The first kappa shape index (κ1) is 11.0. The molecule has 0 aliphatic carbocycles. The number of hydrogen-bond acceptors (Lipinski definition) is 2. The Bertz CT molecular complexity index is 145. The second-order valence-electron chi connectivity index (χ2n) is 5.59. The van der Waals surface area contributed by atoms with E-state index in [0.717, 1.165) is 18.4 Å². The minimum Gasteiger partial charge on any atom is -0.316 e. The van der Waals surface area contributed by atoms with Gasteiger partial charge in [-0.05, 0) is 43.4 Å². The van der Waals surface area contributed by atoms with E-state index in [9.17, 15) is 0 Å². The average Bonchev–Trinajstić information content (AvgIpc) is 1.79. The Labute approximate surface area is 82.5 Å². The molecule has 1 unspecified atom stereocenters. The van der Waals surface area contributed by atoms with Gasteiger partial charge in [-0.25, -0.2) is 0 Å². The average molecular weight is 184 g/mol. The molecule has 0 aromatic heterocycles. The molecule has 1 heterocycles. The molecule has 1 aliphatic rings. The molecule has 0 spiro atoms. The van der Waals surface area contributed by atoms with Gasteiger partial charge in [-0.3, -0.25) is 0 Å². The lowest BCUT2D eigenvalue weighted by atomic mass is 9.88. The first-order chi connectivity index (χ1) is 5.99. The zero-order valence-electron chi connectivity index (χ0n) is 9.48. The van der Waals surface area contributed by atoms with Crippen molar-refractivity contribution in [1.29, 1.82) is 0 Å². The smallest absolute Gasteiger partial charge is 0.000000929 e. The molecule has 2 N–H and O–H groups in total. The van der Waals surface area contributed by atoms with Crippen molar-refractivity contribution in [3.63, 3.8) is 0 Å².